The Morgan fingerprint density at radius 3 is 2.82 bits per heavy atom. The minimum absolute atomic E-state index is 0.0524. The van der Waals surface area contributed by atoms with Crippen molar-refractivity contribution >= 4 is 23.2 Å². The molecule has 8 heteroatoms. The van der Waals surface area contributed by atoms with E-state index >= 15 is 0 Å². The Kier molecular flexibility index (Phi) is 7.47. The first-order chi connectivity index (χ1) is 16.1. The van der Waals surface area contributed by atoms with E-state index in [4.69, 9.17) is 13.9 Å². The number of aryl methyl sites for hydroxylation is 1. The van der Waals surface area contributed by atoms with Gasteiger partial charge >= 0.3 is 0 Å². The lowest BCUT2D eigenvalue weighted by Gasteiger charge is -2.37. The third kappa shape index (κ3) is 5.29. The second kappa shape index (κ2) is 10.7. The highest BCUT2D eigenvalue weighted by atomic mass is 32.1. The molecule has 0 bridgehead atoms. The summed E-state index contributed by atoms with van der Waals surface area (Å²) in [5.41, 5.74) is 2.17. The van der Waals surface area contributed by atoms with Gasteiger partial charge < -0.3 is 23.7 Å². The number of nitrogens with zero attached hydrogens (tertiary/aromatic N) is 2. The molecule has 4 rings (SSSR count). The van der Waals surface area contributed by atoms with Crippen LogP contribution in [0.3, 0.4) is 0 Å². The molecule has 33 heavy (non-hydrogen) atoms. The summed E-state index contributed by atoms with van der Waals surface area (Å²) < 4.78 is 16.6. The SMILES string of the molecule is COCCN(CC(=O)N1CCc2sccc2C1COc1ccccc1C)C(=O)c1ccco1. The lowest BCUT2D eigenvalue weighted by molar-refractivity contribution is -0.135. The molecule has 1 aliphatic heterocycles. The lowest BCUT2D eigenvalue weighted by atomic mass is 10.0. The number of hydrogen-bond acceptors (Lipinski definition) is 6. The number of para-hydroxylation sites is 1. The summed E-state index contributed by atoms with van der Waals surface area (Å²) in [7, 11) is 1.57. The highest BCUT2D eigenvalue weighted by molar-refractivity contribution is 7.10. The third-order valence-corrected chi connectivity index (χ3v) is 6.81. The van der Waals surface area contributed by atoms with Gasteiger partial charge in [0, 0.05) is 25.1 Å². The smallest absolute Gasteiger partial charge is 0.290 e. The Hall–Kier alpha value is -3.10. The van der Waals surface area contributed by atoms with Crippen LogP contribution < -0.4 is 4.74 Å². The highest BCUT2D eigenvalue weighted by Gasteiger charge is 2.34. The number of carbonyl (C=O) groups excluding carboxylic acids is 2. The summed E-state index contributed by atoms with van der Waals surface area (Å²) in [5.74, 6) is 0.562. The summed E-state index contributed by atoms with van der Waals surface area (Å²) in [6.45, 7) is 3.51. The fourth-order valence-corrected chi connectivity index (χ4v) is 4.95. The van der Waals surface area contributed by atoms with Gasteiger partial charge in [0.25, 0.3) is 5.91 Å². The van der Waals surface area contributed by atoms with Crippen LogP contribution in [-0.4, -0.2) is 61.6 Å². The zero-order valence-corrected chi connectivity index (χ0v) is 19.7. The van der Waals surface area contributed by atoms with E-state index < -0.39 is 0 Å². The van der Waals surface area contributed by atoms with Crippen molar-refractivity contribution in [3.63, 3.8) is 0 Å². The van der Waals surface area contributed by atoms with E-state index in [1.165, 1.54) is 16.0 Å². The lowest BCUT2D eigenvalue weighted by Crippen LogP contribution is -2.48. The zero-order valence-electron chi connectivity index (χ0n) is 18.9. The molecule has 1 aromatic carbocycles. The summed E-state index contributed by atoms with van der Waals surface area (Å²) in [6.07, 6.45) is 2.25. The van der Waals surface area contributed by atoms with Gasteiger partial charge in [-0.2, -0.15) is 0 Å². The molecule has 0 aliphatic carbocycles. The first-order valence-corrected chi connectivity index (χ1v) is 11.8. The van der Waals surface area contributed by atoms with Gasteiger partial charge in [-0.05, 0) is 54.1 Å². The van der Waals surface area contributed by atoms with E-state index in [1.54, 1.807) is 30.6 Å². The summed E-state index contributed by atoms with van der Waals surface area (Å²) >= 11 is 1.71. The molecule has 0 radical (unpaired) electrons. The minimum Gasteiger partial charge on any atom is -0.491 e. The van der Waals surface area contributed by atoms with Gasteiger partial charge in [-0.25, -0.2) is 0 Å². The molecule has 0 fully saturated rings. The first-order valence-electron chi connectivity index (χ1n) is 10.9. The average Bonchev–Trinajstić information content (AvgIpc) is 3.52. The van der Waals surface area contributed by atoms with Crippen molar-refractivity contribution in [2.45, 2.75) is 19.4 Å². The van der Waals surface area contributed by atoms with E-state index in [9.17, 15) is 9.59 Å². The Labute approximate surface area is 197 Å². The number of furan rings is 1. The molecule has 3 aromatic rings. The molecule has 1 atom stereocenters. The van der Waals surface area contributed by atoms with Crippen LogP contribution in [0.5, 0.6) is 5.75 Å². The van der Waals surface area contributed by atoms with E-state index in [0.717, 1.165) is 23.3 Å². The van der Waals surface area contributed by atoms with E-state index in [0.29, 0.717) is 26.3 Å². The van der Waals surface area contributed by atoms with Crippen molar-refractivity contribution in [1.82, 2.24) is 9.80 Å². The molecule has 2 aromatic heterocycles. The van der Waals surface area contributed by atoms with Crippen molar-refractivity contribution in [1.29, 1.82) is 0 Å². The van der Waals surface area contributed by atoms with Crippen molar-refractivity contribution in [3.05, 3.63) is 75.9 Å². The van der Waals surface area contributed by atoms with Gasteiger partial charge in [0.1, 0.15) is 18.9 Å². The molecule has 0 saturated carbocycles. The molecule has 7 nitrogen and oxygen atoms in total. The van der Waals surface area contributed by atoms with E-state index in [-0.39, 0.29) is 30.2 Å². The van der Waals surface area contributed by atoms with Crippen LogP contribution in [0.4, 0.5) is 0 Å². The van der Waals surface area contributed by atoms with Gasteiger partial charge in [0.15, 0.2) is 5.76 Å². The minimum atomic E-state index is -0.327. The molecule has 3 heterocycles. The normalized spacial score (nSPS) is 15.2. The van der Waals surface area contributed by atoms with Crippen molar-refractivity contribution < 1.29 is 23.5 Å². The average molecular weight is 469 g/mol. The maximum atomic E-state index is 13.5. The standard InChI is InChI=1S/C25H28N2O5S/c1-18-6-3-4-7-21(18)32-17-20-19-10-15-33-23(19)9-11-27(20)24(28)16-26(12-14-30-2)25(29)22-8-5-13-31-22/h3-8,10,13,15,20H,9,11-12,14,16-17H2,1-2H3. The number of rotatable bonds is 9. The van der Waals surface area contributed by atoms with E-state index in [2.05, 4.69) is 11.4 Å². The number of hydrogen-bond donors (Lipinski definition) is 0. The third-order valence-electron chi connectivity index (χ3n) is 5.82. The number of fused-ring (bicyclic) bond motifs is 1. The maximum Gasteiger partial charge on any atom is 0.290 e. The van der Waals surface area contributed by atoms with Crippen LogP contribution in [0.2, 0.25) is 0 Å². The highest BCUT2D eigenvalue weighted by Crippen LogP contribution is 2.34. The monoisotopic (exact) mass is 468 g/mol. The number of thiophene rings is 1. The van der Waals surface area contributed by atoms with Gasteiger partial charge in [-0.15, -0.1) is 11.3 Å². The predicted molar refractivity (Wildman–Crippen MR) is 126 cm³/mol. The molecular formula is C25H28N2O5S. The number of amides is 2. The zero-order chi connectivity index (χ0) is 23.2. The fourth-order valence-electron chi connectivity index (χ4n) is 4.03. The van der Waals surface area contributed by atoms with Crippen molar-refractivity contribution in [2.24, 2.45) is 0 Å². The van der Waals surface area contributed by atoms with Crippen LogP contribution in [0.15, 0.2) is 58.5 Å². The molecule has 2 amide bonds. The Bertz CT molecular complexity index is 1080. The van der Waals surface area contributed by atoms with Crippen LogP contribution >= 0.6 is 11.3 Å². The van der Waals surface area contributed by atoms with Crippen molar-refractivity contribution in [2.75, 3.05) is 40.0 Å². The molecule has 0 N–H and O–H groups in total. The largest absolute Gasteiger partial charge is 0.491 e. The summed E-state index contributed by atoms with van der Waals surface area (Å²) in [4.78, 5) is 31.0. The molecular weight excluding hydrogens is 440 g/mol. The number of carbonyl (C=O) groups is 2. The maximum absolute atomic E-state index is 13.5. The predicted octanol–water partition coefficient (Wildman–Crippen LogP) is 3.94. The molecule has 174 valence electrons. The Morgan fingerprint density at radius 1 is 1.21 bits per heavy atom. The quantitative estimate of drug-likeness (QED) is 0.476. The van der Waals surface area contributed by atoms with Crippen LogP contribution in [-0.2, 0) is 16.0 Å². The van der Waals surface area contributed by atoms with Crippen LogP contribution in [0, 0.1) is 6.92 Å². The van der Waals surface area contributed by atoms with Gasteiger partial charge in [-0.3, -0.25) is 9.59 Å². The molecule has 0 saturated heterocycles. The van der Waals surface area contributed by atoms with E-state index in [1.807, 2.05) is 36.1 Å². The van der Waals surface area contributed by atoms with Gasteiger partial charge in [0.05, 0.1) is 18.9 Å². The molecule has 1 unspecified atom stereocenters. The Morgan fingerprint density at radius 2 is 2.06 bits per heavy atom. The first kappa shape index (κ1) is 23.1. The second-order valence-corrected chi connectivity index (χ2v) is 8.93. The summed E-state index contributed by atoms with van der Waals surface area (Å²) in [5, 5.41) is 2.06. The topological polar surface area (TPSA) is 72.2 Å². The Balaban J connectivity index is 1.52. The van der Waals surface area contributed by atoms with Crippen molar-refractivity contribution in [3.8, 4) is 5.75 Å². The van der Waals surface area contributed by atoms with Crippen LogP contribution in [0.25, 0.3) is 0 Å². The van der Waals surface area contributed by atoms with Gasteiger partial charge in [-0.1, -0.05) is 18.2 Å². The molecule has 1 aliphatic rings. The second-order valence-electron chi connectivity index (χ2n) is 7.93. The summed E-state index contributed by atoms with van der Waals surface area (Å²) in [6, 6.07) is 13.0. The number of benzene rings is 1. The number of ether oxygens (including phenoxy) is 2. The fraction of sp³-hybridized carbons (Fsp3) is 0.360. The molecule has 0 spiro atoms. The van der Waals surface area contributed by atoms with Crippen LogP contribution in [0.1, 0.15) is 32.6 Å². The van der Waals surface area contributed by atoms with Gasteiger partial charge in [0.2, 0.25) is 5.91 Å². The number of methoxy groups -OCH3 is 1.